The smallest absolute Gasteiger partial charge is 0.321 e. The number of rotatable bonds is 4. The maximum Gasteiger partial charge on any atom is 0.321 e. The van der Waals surface area contributed by atoms with Crippen LogP contribution in [0.3, 0.4) is 0 Å². The number of esters is 3. The molecule has 0 saturated carbocycles. The van der Waals surface area contributed by atoms with E-state index in [-0.39, 0.29) is 26.1 Å². The van der Waals surface area contributed by atoms with Crippen molar-refractivity contribution in [3.05, 3.63) is 47.5 Å². The Labute approximate surface area is 209 Å². The van der Waals surface area contributed by atoms with Gasteiger partial charge in [0.1, 0.15) is 12.2 Å². The second-order valence-electron chi connectivity index (χ2n) is 8.91. The van der Waals surface area contributed by atoms with E-state index in [0.29, 0.717) is 6.42 Å². The molecule has 3 heterocycles. The van der Waals surface area contributed by atoms with Crippen LogP contribution in [0.1, 0.15) is 45.0 Å². The van der Waals surface area contributed by atoms with Crippen molar-refractivity contribution in [3.63, 3.8) is 0 Å². The van der Waals surface area contributed by atoms with E-state index in [1.54, 1.807) is 19.9 Å². The van der Waals surface area contributed by atoms with Crippen molar-refractivity contribution >= 4 is 17.9 Å². The maximum atomic E-state index is 13.3. The van der Waals surface area contributed by atoms with E-state index in [1.165, 1.54) is 7.11 Å². The summed E-state index contributed by atoms with van der Waals surface area (Å²) in [4.78, 5) is 38.7. The molecule has 0 N–H and O–H groups in total. The lowest BCUT2D eigenvalue weighted by Crippen LogP contribution is -2.64. The zero-order chi connectivity index (χ0) is 25.7. The molecule has 36 heavy (non-hydrogen) atoms. The number of carbonyl (C=O) groups is 3. The van der Waals surface area contributed by atoms with Gasteiger partial charge in [-0.25, -0.2) is 0 Å². The van der Waals surface area contributed by atoms with Crippen molar-refractivity contribution in [1.29, 1.82) is 0 Å². The molecular formula is C26H32O10. The van der Waals surface area contributed by atoms with Gasteiger partial charge in [-0.2, -0.15) is 0 Å². The van der Waals surface area contributed by atoms with Gasteiger partial charge in [-0.1, -0.05) is 42.0 Å². The summed E-state index contributed by atoms with van der Waals surface area (Å²) in [7, 11) is 1.39. The summed E-state index contributed by atoms with van der Waals surface area (Å²) in [5.41, 5.74) is 1.54. The molecule has 3 aliphatic rings. The van der Waals surface area contributed by atoms with Gasteiger partial charge in [0.15, 0.2) is 30.7 Å². The maximum absolute atomic E-state index is 13.3. The second-order valence-corrected chi connectivity index (χ2v) is 8.91. The van der Waals surface area contributed by atoms with Gasteiger partial charge in [0.05, 0.1) is 13.2 Å². The van der Waals surface area contributed by atoms with Gasteiger partial charge in [0, 0.05) is 19.1 Å². The minimum atomic E-state index is -1.18. The fraction of sp³-hybridized carbons (Fsp3) is 0.577. The van der Waals surface area contributed by atoms with Crippen LogP contribution in [0.25, 0.3) is 0 Å². The van der Waals surface area contributed by atoms with Crippen molar-refractivity contribution in [2.24, 2.45) is 5.92 Å². The molecule has 0 bridgehead atoms. The molecular weight excluding hydrogens is 472 g/mol. The molecule has 1 aromatic carbocycles. The van der Waals surface area contributed by atoms with Gasteiger partial charge >= 0.3 is 17.9 Å². The van der Waals surface area contributed by atoms with Crippen LogP contribution in [0.15, 0.2) is 42.0 Å². The van der Waals surface area contributed by atoms with Crippen LogP contribution in [-0.2, 0) is 47.5 Å². The summed E-state index contributed by atoms with van der Waals surface area (Å²) in [5, 5.41) is 0. The number of carbonyl (C=O) groups excluding carboxylic acids is 3. The topological polar surface area (TPSA) is 116 Å². The minimum Gasteiger partial charge on any atom is -0.465 e. The van der Waals surface area contributed by atoms with E-state index in [2.05, 4.69) is 0 Å². The highest BCUT2D eigenvalue weighted by Gasteiger charge is 2.54. The highest BCUT2D eigenvalue weighted by Crippen LogP contribution is 2.37. The van der Waals surface area contributed by atoms with E-state index < -0.39 is 60.8 Å². The summed E-state index contributed by atoms with van der Waals surface area (Å²) >= 11 is 0. The molecule has 0 amide bonds. The van der Waals surface area contributed by atoms with E-state index in [4.69, 9.17) is 33.2 Å². The van der Waals surface area contributed by atoms with E-state index in [1.807, 2.05) is 30.3 Å². The molecule has 2 saturated heterocycles. The van der Waals surface area contributed by atoms with Crippen molar-refractivity contribution in [2.45, 2.75) is 70.1 Å². The van der Waals surface area contributed by atoms with Crippen molar-refractivity contribution in [1.82, 2.24) is 0 Å². The second kappa shape index (κ2) is 12.0. The lowest BCUT2D eigenvalue weighted by molar-refractivity contribution is -0.359. The Hall–Kier alpha value is -2.79. The molecule has 2 fully saturated rings. The lowest BCUT2D eigenvalue weighted by atomic mass is 9.95. The Morgan fingerprint density at radius 3 is 2.56 bits per heavy atom. The van der Waals surface area contributed by atoms with E-state index in [0.717, 1.165) is 11.1 Å². The van der Waals surface area contributed by atoms with Gasteiger partial charge in [-0.15, -0.1) is 0 Å². The van der Waals surface area contributed by atoms with Crippen molar-refractivity contribution < 1.29 is 47.5 Å². The molecule has 196 valence electrons. The average molecular weight is 505 g/mol. The number of benzene rings is 1. The molecule has 7 atom stereocenters. The zero-order valence-corrected chi connectivity index (χ0v) is 20.6. The molecule has 10 nitrogen and oxygen atoms in total. The fourth-order valence-corrected chi connectivity index (χ4v) is 4.55. The molecule has 0 aliphatic carbocycles. The van der Waals surface area contributed by atoms with Gasteiger partial charge in [-0.3, -0.25) is 14.4 Å². The molecule has 10 heteroatoms. The molecule has 0 spiro atoms. The third-order valence-electron chi connectivity index (χ3n) is 6.33. The summed E-state index contributed by atoms with van der Waals surface area (Å²) in [5.74, 6) is -3.16. The number of allylic oxidation sites excluding steroid dienone is 2. The van der Waals surface area contributed by atoms with Gasteiger partial charge in [0.25, 0.3) is 0 Å². The fourth-order valence-electron chi connectivity index (χ4n) is 4.55. The van der Waals surface area contributed by atoms with Gasteiger partial charge < -0.3 is 33.2 Å². The molecule has 3 aliphatic heterocycles. The molecule has 4 rings (SSSR count). The molecule has 1 aromatic rings. The zero-order valence-electron chi connectivity index (χ0n) is 20.6. The first-order chi connectivity index (χ1) is 17.4. The monoisotopic (exact) mass is 504 g/mol. The highest BCUT2D eigenvalue weighted by atomic mass is 16.8. The SMILES string of the molecule is CCOC(=O)[C@H]1CC(C)=CCCC(=O)O[C@@H]2[C@@H](OC1=O)[C@@H](OC)O[C@@H]1COC(c3ccccc3)O[C@@H]21. The standard InChI is InChI=1S/C26H32O10/c1-4-31-23(28)17-13-15(2)9-8-12-19(27)34-21-20-18(33-26(30-3)22(21)35-24(17)29)14-32-25(36-20)16-10-6-5-7-11-16/h5-7,9-11,17-18,20-22,25-26H,4,8,12-14H2,1-3H3/t17-,18-,20-,21+,22-,25?,26+/m1/s1. The summed E-state index contributed by atoms with van der Waals surface area (Å²) in [6.45, 7) is 3.72. The van der Waals surface area contributed by atoms with Gasteiger partial charge in [-0.05, 0) is 26.7 Å². The Bertz CT molecular complexity index is 961. The number of fused-ring (bicyclic) bond motifs is 3. The minimum absolute atomic E-state index is 0.104. The quantitative estimate of drug-likeness (QED) is 0.262. The van der Waals surface area contributed by atoms with Gasteiger partial charge in [0.2, 0.25) is 0 Å². The molecule has 0 radical (unpaired) electrons. The molecule has 0 aromatic heterocycles. The third kappa shape index (κ3) is 5.95. The van der Waals surface area contributed by atoms with Crippen LogP contribution in [0, 0.1) is 5.92 Å². The largest absolute Gasteiger partial charge is 0.465 e. The summed E-state index contributed by atoms with van der Waals surface area (Å²) in [6, 6.07) is 9.31. The predicted octanol–water partition coefficient (Wildman–Crippen LogP) is 2.61. The molecule has 1 unspecified atom stereocenters. The first kappa shape index (κ1) is 26.3. The lowest BCUT2D eigenvalue weighted by Gasteiger charge is -2.48. The van der Waals surface area contributed by atoms with Crippen LogP contribution in [0.5, 0.6) is 0 Å². The van der Waals surface area contributed by atoms with Crippen LogP contribution < -0.4 is 0 Å². The number of ether oxygens (including phenoxy) is 7. The van der Waals surface area contributed by atoms with Crippen LogP contribution in [-0.4, -0.2) is 68.9 Å². The summed E-state index contributed by atoms with van der Waals surface area (Å²) < 4.78 is 40.3. The Morgan fingerprint density at radius 1 is 1.06 bits per heavy atom. The number of hydrogen-bond donors (Lipinski definition) is 0. The number of hydrogen-bond acceptors (Lipinski definition) is 10. The van der Waals surface area contributed by atoms with E-state index in [9.17, 15) is 14.4 Å². The summed E-state index contributed by atoms with van der Waals surface area (Å²) in [6.07, 6.45) is -3.07. The third-order valence-corrected chi connectivity index (χ3v) is 6.33. The Kier molecular flexibility index (Phi) is 8.73. The van der Waals surface area contributed by atoms with Crippen LogP contribution in [0.4, 0.5) is 0 Å². The Morgan fingerprint density at radius 2 is 1.83 bits per heavy atom. The van der Waals surface area contributed by atoms with Crippen LogP contribution >= 0.6 is 0 Å². The van der Waals surface area contributed by atoms with Crippen LogP contribution in [0.2, 0.25) is 0 Å². The first-order valence-electron chi connectivity index (χ1n) is 12.1. The normalized spacial score (nSPS) is 33.4. The Balaban J connectivity index is 1.65. The first-order valence-corrected chi connectivity index (χ1v) is 12.1. The van der Waals surface area contributed by atoms with Crippen molar-refractivity contribution in [2.75, 3.05) is 20.3 Å². The highest BCUT2D eigenvalue weighted by molar-refractivity contribution is 5.95. The van der Waals surface area contributed by atoms with Crippen molar-refractivity contribution in [3.8, 4) is 0 Å². The number of methoxy groups -OCH3 is 1. The van der Waals surface area contributed by atoms with E-state index >= 15 is 0 Å². The average Bonchev–Trinajstić information content (AvgIpc) is 2.88. The predicted molar refractivity (Wildman–Crippen MR) is 123 cm³/mol.